The van der Waals surface area contributed by atoms with Crippen molar-refractivity contribution in [3.8, 4) is 0 Å². The van der Waals surface area contributed by atoms with Crippen LogP contribution in [0.2, 0.25) is 0 Å². The molecule has 1 aromatic carbocycles. The molecule has 5 rings (SSSR count). The minimum absolute atomic E-state index is 0.0429. The second kappa shape index (κ2) is 6.19. The molecular weight excluding hydrogens is 345 g/mol. The normalized spacial score (nSPS) is 15.7. The number of piperidine rings is 1. The van der Waals surface area contributed by atoms with Crippen LogP contribution in [0.5, 0.6) is 0 Å². The number of aromatic amines is 1. The van der Waals surface area contributed by atoms with Crippen molar-refractivity contribution in [1.82, 2.24) is 24.4 Å². The first kappa shape index (κ1) is 16.0. The lowest BCUT2D eigenvalue weighted by Crippen LogP contribution is -2.39. The molecule has 1 aliphatic rings. The zero-order valence-electron chi connectivity index (χ0n) is 14.6. The van der Waals surface area contributed by atoms with E-state index in [4.69, 9.17) is 0 Å². The SMILES string of the molecule is O=C(c1cc2cc(F)ccc2[nH]1)N1CCC(n2cnc3cccnc32)CC1. The Kier molecular flexibility index (Phi) is 3.67. The highest BCUT2D eigenvalue weighted by Crippen LogP contribution is 2.27. The standard InChI is InChI=1S/C20H18FN5O/c21-14-3-4-16-13(10-14)11-18(24-16)20(27)25-8-5-15(6-9-25)26-12-23-17-2-1-7-22-19(17)26/h1-4,7,10-12,15,24H,5-6,8-9H2. The molecule has 27 heavy (non-hydrogen) atoms. The molecule has 4 heterocycles. The molecule has 0 bridgehead atoms. The number of carbonyl (C=O) groups is 1. The lowest BCUT2D eigenvalue weighted by molar-refractivity contribution is 0.0691. The number of benzene rings is 1. The molecular formula is C20H18FN5O. The van der Waals surface area contributed by atoms with Crippen molar-refractivity contribution < 1.29 is 9.18 Å². The number of hydrogen-bond acceptors (Lipinski definition) is 3. The van der Waals surface area contributed by atoms with Crippen LogP contribution in [-0.2, 0) is 0 Å². The van der Waals surface area contributed by atoms with Crippen LogP contribution < -0.4 is 0 Å². The number of likely N-dealkylation sites (tertiary alicyclic amines) is 1. The molecule has 0 atom stereocenters. The van der Waals surface area contributed by atoms with Gasteiger partial charge in [-0.15, -0.1) is 0 Å². The smallest absolute Gasteiger partial charge is 0.270 e. The number of nitrogens with zero attached hydrogens (tertiary/aromatic N) is 4. The third kappa shape index (κ3) is 2.75. The van der Waals surface area contributed by atoms with Crippen LogP contribution in [0.1, 0.15) is 29.4 Å². The predicted octanol–water partition coefficient (Wildman–Crippen LogP) is 3.53. The van der Waals surface area contributed by atoms with Gasteiger partial charge in [0.05, 0.1) is 6.33 Å². The van der Waals surface area contributed by atoms with Crippen LogP contribution in [0, 0.1) is 5.82 Å². The van der Waals surface area contributed by atoms with Crippen molar-refractivity contribution >= 4 is 28.0 Å². The third-order valence-corrected chi connectivity index (χ3v) is 5.29. The number of carbonyl (C=O) groups excluding carboxylic acids is 1. The van der Waals surface area contributed by atoms with E-state index in [1.807, 2.05) is 23.4 Å². The molecule has 0 aliphatic carbocycles. The maximum absolute atomic E-state index is 13.4. The van der Waals surface area contributed by atoms with Crippen molar-refractivity contribution in [3.63, 3.8) is 0 Å². The molecule has 4 aromatic rings. The van der Waals surface area contributed by atoms with E-state index in [0.717, 1.165) is 29.5 Å². The summed E-state index contributed by atoms with van der Waals surface area (Å²) in [6, 6.07) is 10.3. The van der Waals surface area contributed by atoms with Gasteiger partial charge in [0.25, 0.3) is 5.91 Å². The molecule has 6 nitrogen and oxygen atoms in total. The van der Waals surface area contributed by atoms with Gasteiger partial charge in [0.1, 0.15) is 17.0 Å². The maximum atomic E-state index is 13.4. The maximum Gasteiger partial charge on any atom is 0.270 e. The zero-order valence-corrected chi connectivity index (χ0v) is 14.6. The van der Waals surface area contributed by atoms with Gasteiger partial charge in [0.15, 0.2) is 5.65 Å². The molecule has 1 N–H and O–H groups in total. The number of fused-ring (bicyclic) bond motifs is 2. The van der Waals surface area contributed by atoms with E-state index >= 15 is 0 Å². The van der Waals surface area contributed by atoms with E-state index in [9.17, 15) is 9.18 Å². The second-order valence-electron chi connectivity index (χ2n) is 6.94. The van der Waals surface area contributed by atoms with Crippen molar-refractivity contribution in [2.45, 2.75) is 18.9 Å². The summed E-state index contributed by atoms with van der Waals surface area (Å²) in [5.74, 6) is -0.346. The Morgan fingerprint density at radius 2 is 2.00 bits per heavy atom. The van der Waals surface area contributed by atoms with E-state index in [0.29, 0.717) is 24.2 Å². The summed E-state index contributed by atoms with van der Waals surface area (Å²) in [6.07, 6.45) is 5.31. The van der Waals surface area contributed by atoms with Crippen molar-refractivity contribution in [2.24, 2.45) is 0 Å². The summed E-state index contributed by atoms with van der Waals surface area (Å²) in [5, 5.41) is 0.712. The minimum atomic E-state index is -0.303. The zero-order chi connectivity index (χ0) is 18.4. The molecule has 0 radical (unpaired) electrons. The molecule has 136 valence electrons. The first-order valence-corrected chi connectivity index (χ1v) is 9.04. The van der Waals surface area contributed by atoms with Gasteiger partial charge in [-0.2, -0.15) is 0 Å². The Morgan fingerprint density at radius 1 is 1.15 bits per heavy atom. The van der Waals surface area contributed by atoms with Crippen molar-refractivity contribution in [1.29, 1.82) is 0 Å². The number of aromatic nitrogens is 4. The number of halogens is 1. The molecule has 0 spiro atoms. The van der Waals surface area contributed by atoms with Gasteiger partial charge < -0.3 is 14.5 Å². The van der Waals surface area contributed by atoms with Crippen LogP contribution in [0.25, 0.3) is 22.1 Å². The largest absolute Gasteiger partial charge is 0.351 e. The van der Waals surface area contributed by atoms with Crippen LogP contribution in [0.4, 0.5) is 4.39 Å². The van der Waals surface area contributed by atoms with Gasteiger partial charge in [0, 0.05) is 36.2 Å². The highest BCUT2D eigenvalue weighted by Gasteiger charge is 2.26. The molecule has 1 saturated heterocycles. The summed E-state index contributed by atoms with van der Waals surface area (Å²) >= 11 is 0. The van der Waals surface area contributed by atoms with Gasteiger partial charge in [0.2, 0.25) is 0 Å². The fourth-order valence-electron chi connectivity index (χ4n) is 3.87. The highest BCUT2D eigenvalue weighted by molar-refractivity contribution is 5.98. The third-order valence-electron chi connectivity index (χ3n) is 5.29. The summed E-state index contributed by atoms with van der Waals surface area (Å²) in [5.41, 5.74) is 3.05. The van der Waals surface area contributed by atoms with Gasteiger partial charge in [-0.1, -0.05) is 0 Å². The highest BCUT2D eigenvalue weighted by atomic mass is 19.1. The van der Waals surface area contributed by atoms with Gasteiger partial charge in [-0.05, 0) is 49.2 Å². The topological polar surface area (TPSA) is 66.8 Å². The molecule has 0 unspecified atom stereocenters. The fourth-order valence-corrected chi connectivity index (χ4v) is 3.87. The quantitative estimate of drug-likeness (QED) is 0.592. The average molecular weight is 363 g/mol. The van der Waals surface area contributed by atoms with E-state index in [2.05, 4.69) is 19.5 Å². The van der Waals surface area contributed by atoms with Crippen LogP contribution in [0.15, 0.2) is 48.9 Å². The van der Waals surface area contributed by atoms with Crippen LogP contribution in [-0.4, -0.2) is 43.4 Å². The molecule has 3 aromatic heterocycles. The first-order valence-electron chi connectivity index (χ1n) is 9.04. The molecule has 1 fully saturated rings. The number of pyridine rings is 1. The van der Waals surface area contributed by atoms with Crippen LogP contribution >= 0.6 is 0 Å². The number of rotatable bonds is 2. The van der Waals surface area contributed by atoms with Crippen molar-refractivity contribution in [3.05, 3.63) is 60.4 Å². The number of imidazole rings is 1. The van der Waals surface area contributed by atoms with Gasteiger partial charge in [-0.25, -0.2) is 14.4 Å². The fraction of sp³-hybridized carbons (Fsp3) is 0.250. The Balaban J connectivity index is 1.32. The Hall–Kier alpha value is -3.22. The molecule has 1 amide bonds. The second-order valence-corrected chi connectivity index (χ2v) is 6.94. The first-order chi connectivity index (χ1) is 13.2. The summed E-state index contributed by atoms with van der Waals surface area (Å²) < 4.78 is 15.5. The summed E-state index contributed by atoms with van der Waals surface area (Å²) in [4.78, 5) is 26.6. The van der Waals surface area contributed by atoms with Crippen LogP contribution in [0.3, 0.4) is 0 Å². The van der Waals surface area contributed by atoms with E-state index in [1.165, 1.54) is 12.1 Å². The van der Waals surface area contributed by atoms with Gasteiger partial charge >= 0.3 is 0 Å². The lowest BCUT2D eigenvalue weighted by atomic mass is 10.0. The number of amides is 1. The summed E-state index contributed by atoms with van der Waals surface area (Å²) in [6.45, 7) is 1.33. The van der Waals surface area contributed by atoms with Crippen molar-refractivity contribution in [2.75, 3.05) is 13.1 Å². The van der Waals surface area contributed by atoms with Gasteiger partial charge in [-0.3, -0.25) is 4.79 Å². The predicted molar refractivity (Wildman–Crippen MR) is 100.0 cm³/mol. The Bertz CT molecular complexity index is 1140. The van der Waals surface area contributed by atoms with E-state index in [-0.39, 0.29) is 17.8 Å². The van der Waals surface area contributed by atoms with E-state index < -0.39 is 0 Å². The van der Waals surface area contributed by atoms with E-state index in [1.54, 1.807) is 18.3 Å². The average Bonchev–Trinajstić information content (AvgIpc) is 3.31. The monoisotopic (exact) mass is 363 g/mol. The number of nitrogens with one attached hydrogen (secondary N) is 1. The molecule has 0 saturated carbocycles. The minimum Gasteiger partial charge on any atom is -0.351 e. The number of hydrogen-bond donors (Lipinski definition) is 1. The summed E-state index contributed by atoms with van der Waals surface area (Å²) in [7, 11) is 0. The Morgan fingerprint density at radius 3 is 2.85 bits per heavy atom. The molecule has 7 heteroatoms. The molecule has 1 aliphatic heterocycles. The number of H-pyrrole nitrogens is 1. The lowest BCUT2D eigenvalue weighted by Gasteiger charge is -2.32. The Labute approximate surface area is 154 Å².